The summed E-state index contributed by atoms with van der Waals surface area (Å²) < 4.78 is 12.9. The Balaban J connectivity index is 0.00000484. The first-order chi connectivity index (χ1) is 10.4. The third kappa shape index (κ3) is 8.99. The zero-order chi connectivity index (χ0) is 16.6. The fourth-order valence-corrected chi connectivity index (χ4v) is 1.71. The quantitative estimate of drug-likeness (QED) is 0.352. The van der Waals surface area contributed by atoms with Gasteiger partial charge in [-0.1, -0.05) is 0 Å². The van der Waals surface area contributed by atoms with Gasteiger partial charge in [0.05, 0.1) is 6.54 Å². The summed E-state index contributed by atoms with van der Waals surface area (Å²) in [6.45, 7) is 5.06. The van der Waals surface area contributed by atoms with Crippen LogP contribution in [0.5, 0.6) is 0 Å². The highest BCUT2D eigenvalue weighted by molar-refractivity contribution is 14.0. The summed E-state index contributed by atoms with van der Waals surface area (Å²) in [4.78, 5) is 15.9. The van der Waals surface area contributed by atoms with E-state index >= 15 is 0 Å². The normalized spacial score (nSPS) is 11.4. The van der Waals surface area contributed by atoms with Gasteiger partial charge in [-0.25, -0.2) is 4.39 Å². The Morgan fingerprint density at radius 1 is 1.26 bits per heavy atom. The van der Waals surface area contributed by atoms with Gasteiger partial charge in [0, 0.05) is 24.0 Å². The molecule has 1 rings (SSSR count). The van der Waals surface area contributed by atoms with E-state index in [2.05, 4.69) is 34.8 Å². The first-order valence-electron chi connectivity index (χ1n) is 6.91. The molecule has 0 unspecified atom stereocenters. The van der Waals surface area contributed by atoms with Crippen molar-refractivity contribution >= 4 is 53.3 Å². The smallest absolute Gasteiger partial charge is 0.243 e. The minimum atomic E-state index is -0.336. The van der Waals surface area contributed by atoms with Gasteiger partial charge in [-0.2, -0.15) is 11.8 Å². The van der Waals surface area contributed by atoms with Gasteiger partial charge in [0.15, 0.2) is 5.96 Å². The number of aliphatic imine (C=N–C) groups is 1. The molecule has 0 saturated carbocycles. The van der Waals surface area contributed by atoms with Crippen LogP contribution in [-0.2, 0) is 4.79 Å². The summed E-state index contributed by atoms with van der Waals surface area (Å²) in [7, 11) is 1.65. The average molecular weight is 454 g/mol. The van der Waals surface area contributed by atoms with E-state index in [4.69, 9.17) is 0 Å². The van der Waals surface area contributed by atoms with Crippen LogP contribution in [0, 0.1) is 5.82 Å². The van der Waals surface area contributed by atoms with Gasteiger partial charge in [0.25, 0.3) is 0 Å². The number of halogens is 2. The van der Waals surface area contributed by atoms with E-state index in [1.807, 2.05) is 6.26 Å². The number of anilines is 1. The molecule has 0 aromatic heterocycles. The van der Waals surface area contributed by atoms with E-state index < -0.39 is 0 Å². The van der Waals surface area contributed by atoms with Gasteiger partial charge in [-0.3, -0.25) is 9.79 Å². The fraction of sp³-hybridized carbons (Fsp3) is 0.467. The van der Waals surface area contributed by atoms with Crippen molar-refractivity contribution in [3.8, 4) is 0 Å². The number of nitrogens with one attached hydrogen (secondary N) is 3. The van der Waals surface area contributed by atoms with E-state index in [0.29, 0.717) is 11.6 Å². The van der Waals surface area contributed by atoms with Crippen LogP contribution in [0.15, 0.2) is 29.3 Å². The number of benzene rings is 1. The highest BCUT2D eigenvalue weighted by atomic mass is 127. The number of thioether (sulfide) groups is 1. The summed E-state index contributed by atoms with van der Waals surface area (Å²) in [6.07, 6.45) is 2.05. The second-order valence-electron chi connectivity index (χ2n) is 5.30. The highest BCUT2D eigenvalue weighted by Gasteiger charge is 2.16. The highest BCUT2D eigenvalue weighted by Crippen LogP contribution is 2.19. The molecular weight excluding hydrogens is 430 g/mol. The van der Waals surface area contributed by atoms with Crippen LogP contribution in [0.3, 0.4) is 0 Å². The molecule has 130 valence electrons. The summed E-state index contributed by atoms with van der Waals surface area (Å²) in [5.41, 5.74) is 0.555. The molecule has 0 spiro atoms. The Kier molecular flexibility index (Phi) is 10.2. The second-order valence-corrected chi connectivity index (χ2v) is 6.81. The molecule has 0 saturated heterocycles. The Hall–Kier alpha value is -1.03. The van der Waals surface area contributed by atoms with Gasteiger partial charge >= 0.3 is 0 Å². The maximum absolute atomic E-state index is 12.8. The topological polar surface area (TPSA) is 65.5 Å². The van der Waals surface area contributed by atoms with Crippen molar-refractivity contribution in [3.05, 3.63) is 30.1 Å². The Bertz CT molecular complexity index is 523. The second kappa shape index (κ2) is 10.7. The summed E-state index contributed by atoms with van der Waals surface area (Å²) in [5.74, 6) is 0.00667. The standard InChI is InChI=1S/C15H23FN4OS.HI/c1-15(2,22-4)10-19-14(17-3)18-9-13(21)20-12-7-5-11(16)6-8-12;/h5-8H,9-10H2,1-4H3,(H,20,21)(H2,17,18,19);1H. The summed E-state index contributed by atoms with van der Waals surface area (Å²) in [6, 6.07) is 5.63. The summed E-state index contributed by atoms with van der Waals surface area (Å²) >= 11 is 1.75. The van der Waals surface area contributed by atoms with Gasteiger partial charge in [-0.15, -0.1) is 24.0 Å². The average Bonchev–Trinajstić information content (AvgIpc) is 2.50. The molecular formula is C15H24FIN4OS. The Morgan fingerprint density at radius 2 is 1.87 bits per heavy atom. The van der Waals surface area contributed by atoms with Crippen LogP contribution in [0.4, 0.5) is 10.1 Å². The summed E-state index contributed by atoms with van der Waals surface area (Å²) in [5, 5.41) is 8.79. The predicted octanol–water partition coefficient (Wildman–Crippen LogP) is 2.69. The first-order valence-corrected chi connectivity index (χ1v) is 8.14. The van der Waals surface area contributed by atoms with Gasteiger partial charge in [-0.05, 0) is 44.4 Å². The van der Waals surface area contributed by atoms with Crippen molar-refractivity contribution in [1.29, 1.82) is 0 Å². The molecule has 1 amide bonds. The van der Waals surface area contributed by atoms with Gasteiger partial charge in [0.1, 0.15) is 5.82 Å². The number of carbonyl (C=O) groups excluding carboxylic acids is 1. The lowest BCUT2D eigenvalue weighted by molar-refractivity contribution is -0.115. The molecule has 3 N–H and O–H groups in total. The molecule has 0 bridgehead atoms. The van der Waals surface area contributed by atoms with Crippen LogP contribution in [0.1, 0.15) is 13.8 Å². The van der Waals surface area contributed by atoms with E-state index in [-0.39, 0.29) is 47.0 Å². The molecule has 1 aromatic rings. The van der Waals surface area contributed by atoms with Crippen molar-refractivity contribution in [1.82, 2.24) is 10.6 Å². The largest absolute Gasteiger partial charge is 0.355 e. The Labute approximate surface area is 158 Å². The van der Waals surface area contributed by atoms with Gasteiger partial charge < -0.3 is 16.0 Å². The van der Waals surface area contributed by atoms with E-state index in [1.165, 1.54) is 24.3 Å². The maximum atomic E-state index is 12.8. The molecule has 0 fully saturated rings. The molecule has 0 aliphatic rings. The molecule has 8 heteroatoms. The lowest BCUT2D eigenvalue weighted by Crippen LogP contribution is -2.45. The van der Waals surface area contributed by atoms with Crippen molar-refractivity contribution in [2.45, 2.75) is 18.6 Å². The molecule has 0 heterocycles. The van der Waals surface area contributed by atoms with Crippen LogP contribution in [0.25, 0.3) is 0 Å². The molecule has 23 heavy (non-hydrogen) atoms. The van der Waals surface area contributed by atoms with Crippen LogP contribution in [-0.4, -0.2) is 43.0 Å². The van der Waals surface area contributed by atoms with Crippen molar-refractivity contribution in [3.63, 3.8) is 0 Å². The van der Waals surface area contributed by atoms with Crippen molar-refractivity contribution < 1.29 is 9.18 Å². The molecule has 0 aliphatic carbocycles. The molecule has 1 aromatic carbocycles. The molecule has 0 aliphatic heterocycles. The third-order valence-corrected chi connectivity index (χ3v) is 4.25. The van der Waals surface area contributed by atoms with Crippen molar-refractivity contribution in [2.75, 3.05) is 31.7 Å². The number of hydrogen-bond donors (Lipinski definition) is 3. The molecule has 0 radical (unpaired) electrons. The van der Waals surface area contributed by atoms with Crippen LogP contribution >= 0.6 is 35.7 Å². The zero-order valence-electron chi connectivity index (χ0n) is 13.8. The molecule has 5 nitrogen and oxygen atoms in total. The van der Waals surface area contributed by atoms with Crippen LogP contribution in [0.2, 0.25) is 0 Å². The third-order valence-electron chi connectivity index (χ3n) is 3.00. The number of rotatable bonds is 6. The fourth-order valence-electron chi connectivity index (χ4n) is 1.49. The number of hydrogen-bond acceptors (Lipinski definition) is 3. The van der Waals surface area contributed by atoms with Crippen molar-refractivity contribution in [2.24, 2.45) is 4.99 Å². The lowest BCUT2D eigenvalue weighted by atomic mass is 10.2. The minimum absolute atomic E-state index is 0. The number of guanidine groups is 1. The number of amides is 1. The van der Waals surface area contributed by atoms with Gasteiger partial charge in [0.2, 0.25) is 5.91 Å². The molecule has 0 atom stereocenters. The first kappa shape index (κ1) is 22.0. The lowest BCUT2D eigenvalue weighted by Gasteiger charge is -2.23. The van der Waals surface area contributed by atoms with E-state index in [9.17, 15) is 9.18 Å². The SMILES string of the molecule is CN=C(NCC(=O)Nc1ccc(F)cc1)NCC(C)(C)SC.I. The zero-order valence-corrected chi connectivity index (χ0v) is 16.9. The number of carbonyl (C=O) groups is 1. The predicted molar refractivity (Wildman–Crippen MR) is 107 cm³/mol. The minimum Gasteiger partial charge on any atom is -0.355 e. The van der Waals surface area contributed by atoms with Crippen LogP contribution < -0.4 is 16.0 Å². The number of nitrogens with zero attached hydrogens (tertiary/aromatic N) is 1. The van der Waals surface area contributed by atoms with E-state index in [1.54, 1.807) is 18.8 Å². The monoisotopic (exact) mass is 454 g/mol. The Morgan fingerprint density at radius 3 is 2.39 bits per heavy atom. The maximum Gasteiger partial charge on any atom is 0.243 e. The van der Waals surface area contributed by atoms with E-state index in [0.717, 1.165) is 6.54 Å².